The number of hydrogen-bond acceptors (Lipinski definition) is 3. The fraction of sp³-hybridized carbons (Fsp3) is 0.231. The van der Waals surface area contributed by atoms with Gasteiger partial charge in [-0.3, -0.25) is 0 Å². The van der Waals surface area contributed by atoms with Crippen LogP contribution in [0, 0.1) is 17.4 Å². The van der Waals surface area contributed by atoms with E-state index in [-0.39, 0.29) is 5.82 Å². The van der Waals surface area contributed by atoms with Gasteiger partial charge in [-0.1, -0.05) is 24.4 Å². The summed E-state index contributed by atoms with van der Waals surface area (Å²) in [5.41, 5.74) is 2.11. The molecular formula is C13H13FN2OS. The molecule has 94 valence electrons. The van der Waals surface area contributed by atoms with Gasteiger partial charge in [0, 0.05) is 12.7 Å². The summed E-state index contributed by atoms with van der Waals surface area (Å²) in [5, 5.41) is 0. The molecule has 0 saturated carbocycles. The SMILES string of the molecule is COCc1nc(=S)cc(-c2cccc(F)c2C)[nH]1. The highest BCUT2D eigenvalue weighted by molar-refractivity contribution is 7.71. The summed E-state index contributed by atoms with van der Waals surface area (Å²) < 4.78 is 19.0. The second-order valence-electron chi connectivity index (χ2n) is 3.93. The highest BCUT2D eigenvalue weighted by atomic mass is 32.1. The maximum atomic E-state index is 13.5. The smallest absolute Gasteiger partial charge is 0.134 e. The Morgan fingerprint density at radius 3 is 2.94 bits per heavy atom. The first-order valence-corrected chi connectivity index (χ1v) is 5.87. The summed E-state index contributed by atoms with van der Waals surface area (Å²) in [7, 11) is 1.58. The molecule has 18 heavy (non-hydrogen) atoms. The van der Waals surface area contributed by atoms with Gasteiger partial charge >= 0.3 is 0 Å². The molecule has 1 aromatic heterocycles. The van der Waals surface area contributed by atoms with Gasteiger partial charge < -0.3 is 9.72 Å². The monoisotopic (exact) mass is 264 g/mol. The zero-order valence-corrected chi connectivity index (χ0v) is 11.0. The largest absolute Gasteiger partial charge is 0.377 e. The molecule has 0 aliphatic heterocycles. The minimum Gasteiger partial charge on any atom is -0.377 e. The van der Waals surface area contributed by atoms with Crippen LogP contribution in [-0.4, -0.2) is 17.1 Å². The molecule has 2 rings (SSSR count). The van der Waals surface area contributed by atoms with E-state index in [1.807, 2.05) is 6.07 Å². The normalized spacial score (nSPS) is 10.6. The van der Waals surface area contributed by atoms with Crippen LogP contribution in [0.15, 0.2) is 24.3 Å². The number of rotatable bonds is 3. The van der Waals surface area contributed by atoms with E-state index in [2.05, 4.69) is 9.97 Å². The molecule has 0 aliphatic rings. The minimum absolute atomic E-state index is 0.239. The van der Waals surface area contributed by atoms with E-state index in [0.29, 0.717) is 22.6 Å². The fourth-order valence-corrected chi connectivity index (χ4v) is 1.99. The Morgan fingerprint density at radius 1 is 1.44 bits per heavy atom. The molecule has 0 aliphatic carbocycles. The van der Waals surface area contributed by atoms with Gasteiger partial charge in [-0.25, -0.2) is 9.37 Å². The van der Waals surface area contributed by atoms with E-state index in [1.165, 1.54) is 6.07 Å². The van der Waals surface area contributed by atoms with Crippen LogP contribution in [0.1, 0.15) is 11.4 Å². The lowest BCUT2D eigenvalue weighted by molar-refractivity contribution is 0.177. The first-order chi connectivity index (χ1) is 8.61. The van der Waals surface area contributed by atoms with E-state index in [1.54, 1.807) is 26.2 Å². The maximum Gasteiger partial charge on any atom is 0.134 e. The number of halogens is 1. The quantitative estimate of drug-likeness (QED) is 0.863. The zero-order valence-electron chi connectivity index (χ0n) is 10.2. The average molecular weight is 264 g/mol. The van der Waals surface area contributed by atoms with Crippen molar-refractivity contribution >= 4 is 12.2 Å². The lowest BCUT2D eigenvalue weighted by Gasteiger charge is -2.08. The predicted molar refractivity (Wildman–Crippen MR) is 70.3 cm³/mol. The van der Waals surface area contributed by atoms with E-state index < -0.39 is 0 Å². The molecule has 0 bridgehead atoms. The number of methoxy groups -OCH3 is 1. The summed E-state index contributed by atoms with van der Waals surface area (Å²) in [6, 6.07) is 6.67. The van der Waals surface area contributed by atoms with Crippen LogP contribution in [0.5, 0.6) is 0 Å². The van der Waals surface area contributed by atoms with Crippen molar-refractivity contribution in [3.63, 3.8) is 0 Å². The van der Waals surface area contributed by atoms with Crippen molar-refractivity contribution in [3.8, 4) is 11.3 Å². The zero-order chi connectivity index (χ0) is 13.1. The number of H-pyrrole nitrogens is 1. The molecule has 0 atom stereocenters. The van der Waals surface area contributed by atoms with Crippen LogP contribution >= 0.6 is 12.2 Å². The number of hydrogen-bond donors (Lipinski definition) is 1. The molecule has 1 aromatic carbocycles. The van der Waals surface area contributed by atoms with Gasteiger partial charge in [0.1, 0.15) is 22.9 Å². The third-order valence-electron chi connectivity index (χ3n) is 2.63. The molecule has 0 radical (unpaired) electrons. The number of ether oxygens (including phenoxy) is 1. The molecule has 3 nitrogen and oxygen atoms in total. The number of aromatic amines is 1. The Bertz CT molecular complexity index is 625. The molecule has 0 unspecified atom stereocenters. The Morgan fingerprint density at radius 2 is 2.22 bits per heavy atom. The third-order valence-corrected chi connectivity index (χ3v) is 2.84. The van der Waals surface area contributed by atoms with Gasteiger partial charge in [-0.2, -0.15) is 0 Å². The topological polar surface area (TPSA) is 37.9 Å². The molecule has 0 saturated heterocycles. The lowest BCUT2D eigenvalue weighted by atomic mass is 10.1. The van der Waals surface area contributed by atoms with Gasteiger partial charge in [0.15, 0.2) is 0 Å². The number of nitrogens with one attached hydrogen (secondary N) is 1. The Labute approximate surface area is 110 Å². The van der Waals surface area contributed by atoms with Crippen LogP contribution < -0.4 is 0 Å². The summed E-state index contributed by atoms with van der Waals surface area (Å²) in [5.74, 6) is 0.389. The highest BCUT2D eigenvalue weighted by Gasteiger charge is 2.07. The van der Waals surface area contributed by atoms with Crippen molar-refractivity contribution in [1.82, 2.24) is 9.97 Å². The molecule has 1 heterocycles. The Balaban J connectivity index is 2.56. The highest BCUT2D eigenvalue weighted by Crippen LogP contribution is 2.23. The van der Waals surface area contributed by atoms with Crippen LogP contribution in [0.4, 0.5) is 4.39 Å². The van der Waals surface area contributed by atoms with Crippen LogP contribution in [0.2, 0.25) is 0 Å². The lowest BCUT2D eigenvalue weighted by Crippen LogP contribution is -2.00. The Kier molecular flexibility index (Phi) is 3.84. The Hall–Kier alpha value is -1.59. The van der Waals surface area contributed by atoms with Gasteiger partial charge in [0.25, 0.3) is 0 Å². The van der Waals surface area contributed by atoms with E-state index in [4.69, 9.17) is 17.0 Å². The van der Waals surface area contributed by atoms with Gasteiger partial charge in [-0.05, 0) is 24.6 Å². The van der Waals surface area contributed by atoms with Gasteiger partial charge in [-0.15, -0.1) is 0 Å². The summed E-state index contributed by atoms with van der Waals surface area (Å²) in [4.78, 5) is 7.24. The molecule has 1 N–H and O–H groups in total. The first kappa shape index (κ1) is 12.9. The van der Waals surface area contributed by atoms with Crippen molar-refractivity contribution < 1.29 is 9.13 Å². The first-order valence-electron chi connectivity index (χ1n) is 5.46. The maximum absolute atomic E-state index is 13.5. The van der Waals surface area contributed by atoms with Crippen molar-refractivity contribution in [2.24, 2.45) is 0 Å². The third kappa shape index (κ3) is 2.63. The number of nitrogens with zero attached hydrogens (tertiary/aromatic N) is 1. The van der Waals surface area contributed by atoms with Crippen molar-refractivity contribution in [3.05, 3.63) is 46.1 Å². The molecule has 5 heteroatoms. The van der Waals surface area contributed by atoms with Crippen molar-refractivity contribution in [2.75, 3.05) is 7.11 Å². The molecule has 0 amide bonds. The van der Waals surface area contributed by atoms with Gasteiger partial charge in [0.2, 0.25) is 0 Å². The fourth-order valence-electron chi connectivity index (χ4n) is 1.76. The second kappa shape index (κ2) is 5.37. The summed E-state index contributed by atoms with van der Waals surface area (Å²) >= 11 is 5.10. The molecule has 2 aromatic rings. The number of benzene rings is 1. The molecular weight excluding hydrogens is 251 g/mol. The van der Waals surface area contributed by atoms with Crippen molar-refractivity contribution in [1.29, 1.82) is 0 Å². The predicted octanol–water partition coefficient (Wildman–Crippen LogP) is 3.40. The van der Waals surface area contributed by atoms with Gasteiger partial charge in [0.05, 0.1) is 5.69 Å². The molecule has 0 spiro atoms. The average Bonchev–Trinajstić information content (AvgIpc) is 2.32. The van der Waals surface area contributed by atoms with E-state index in [9.17, 15) is 4.39 Å². The van der Waals surface area contributed by atoms with E-state index >= 15 is 0 Å². The summed E-state index contributed by atoms with van der Waals surface area (Å²) in [6.07, 6.45) is 0. The molecule has 0 fully saturated rings. The van der Waals surface area contributed by atoms with Crippen LogP contribution in [0.25, 0.3) is 11.3 Å². The summed E-state index contributed by atoms with van der Waals surface area (Å²) in [6.45, 7) is 2.07. The van der Waals surface area contributed by atoms with Crippen LogP contribution in [0.3, 0.4) is 0 Å². The van der Waals surface area contributed by atoms with Crippen LogP contribution in [-0.2, 0) is 11.3 Å². The second-order valence-corrected chi connectivity index (χ2v) is 4.34. The standard InChI is InChI=1S/C13H13FN2OS/c1-8-9(4-3-5-10(8)14)11-6-13(18)16-12(15-11)7-17-2/h3-6H,7H2,1-2H3,(H,15,16,18). The van der Waals surface area contributed by atoms with E-state index in [0.717, 1.165) is 11.3 Å². The van der Waals surface area contributed by atoms with Crippen molar-refractivity contribution in [2.45, 2.75) is 13.5 Å². The number of aromatic nitrogens is 2. The minimum atomic E-state index is -0.239.